The van der Waals surface area contributed by atoms with Gasteiger partial charge in [0.15, 0.2) is 5.76 Å². The van der Waals surface area contributed by atoms with E-state index >= 15 is 0 Å². The zero-order valence-corrected chi connectivity index (χ0v) is 22.3. The van der Waals surface area contributed by atoms with Gasteiger partial charge in [-0.3, -0.25) is 4.79 Å². The summed E-state index contributed by atoms with van der Waals surface area (Å²) in [6, 6.07) is 11.9. The Balaban J connectivity index is 2.61. The van der Waals surface area contributed by atoms with Crippen molar-refractivity contribution in [1.82, 2.24) is 0 Å². The molecule has 2 aromatic carbocycles. The number of Topliss-reactive ketones (excluding diaryl/α,β-unsaturated/α-hetero) is 1. The Kier molecular flexibility index (Phi) is 10.9. The van der Waals surface area contributed by atoms with Crippen molar-refractivity contribution in [3.8, 4) is 5.75 Å². The molecule has 0 radical (unpaired) electrons. The van der Waals surface area contributed by atoms with Crippen LogP contribution in [0.1, 0.15) is 130 Å². The SMILES string of the molecule is CCCC(C)c1cc(/C=C(\O)C(=O)c2ccccc2C(C)CCC)c(C(C)CCC)c(OC)c1. The van der Waals surface area contributed by atoms with Gasteiger partial charge in [0.2, 0.25) is 5.78 Å². The minimum absolute atomic E-state index is 0.219. The molecule has 3 nitrogen and oxygen atoms in total. The van der Waals surface area contributed by atoms with Crippen LogP contribution in [-0.4, -0.2) is 18.0 Å². The van der Waals surface area contributed by atoms with E-state index in [4.69, 9.17) is 4.74 Å². The van der Waals surface area contributed by atoms with E-state index in [1.807, 2.05) is 24.3 Å². The van der Waals surface area contributed by atoms with Crippen molar-refractivity contribution in [3.05, 3.63) is 70.0 Å². The number of methoxy groups -OCH3 is 1. The number of rotatable bonds is 13. The Morgan fingerprint density at radius 3 is 2.12 bits per heavy atom. The quantitative estimate of drug-likeness (QED) is 0.182. The first-order valence-corrected chi connectivity index (χ1v) is 13.0. The van der Waals surface area contributed by atoms with Crippen LogP contribution in [0.4, 0.5) is 0 Å². The molecule has 3 unspecified atom stereocenters. The smallest absolute Gasteiger partial charge is 0.227 e. The van der Waals surface area contributed by atoms with E-state index in [2.05, 4.69) is 53.7 Å². The molecule has 0 spiro atoms. The molecule has 0 aliphatic rings. The molecular weight excluding hydrogens is 420 g/mol. The van der Waals surface area contributed by atoms with Crippen LogP contribution in [0.25, 0.3) is 6.08 Å². The third kappa shape index (κ3) is 6.74. The van der Waals surface area contributed by atoms with E-state index in [0.29, 0.717) is 11.5 Å². The first-order chi connectivity index (χ1) is 16.3. The van der Waals surface area contributed by atoms with E-state index in [-0.39, 0.29) is 23.4 Å². The molecular formula is C31H44O3. The number of ether oxygens (including phenoxy) is 1. The zero-order chi connectivity index (χ0) is 25.3. The lowest BCUT2D eigenvalue weighted by Gasteiger charge is -2.22. The number of benzene rings is 2. The summed E-state index contributed by atoms with van der Waals surface area (Å²) in [6.07, 6.45) is 7.94. The molecule has 186 valence electrons. The van der Waals surface area contributed by atoms with E-state index in [0.717, 1.165) is 61.0 Å². The van der Waals surface area contributed by atoms with Gasteiger partial charge >= 0.3 is 0 Å². The standard InChI is InChI=1S/C31H44O3/c1-8-13-21(4)24-18-25(30(23(6)15-10-3)29(20-24)34-7)19-28(32)31(33)27-17-12-11-16-26(27)22(5)14-9-2/h11-12,16-23,32H,8-10,13-15H2,1-7H3/b28-19-. The summed E-state index contributed by atoms with van der Waals surface area (Å²) in [5.74, 6) is 1.18. The van der Waals surface area contributed by atoms with Crippen LogP contribution in [0, 0.1) is 0 Å². The summed E-state index contributed by atoms with van der Waals surface area (Å²) in [4.78, 5) is 13.4. The lowest BCUT2D eigenvalue weighted by atomic mass is 9.86. The fourth-order valence-electron chi connectivity index (χ4n) is 5.02. The number of carbonyl (C=O) groups is 1. The summed E-state index contributed by atoms with van der Waals surface area (Å²) in [6.45, 7) is 13.1. The van der Waals surface area contributed by atoms with Gasteiger partial charge in [0, 0.05) is 11.1 Å². The van der Waals surface area contributed by atoms with Crippen molar-refractivity contribution in [3.63, 3.8) is 0 Å². The summed E-state index contributed by atoms with van der Waals surface area (Å²) in [7, 11) is 1.70. The minimum atomic E-state index is -0.321. The van der Waals surface area contributed by atoms with Gasteiger partial charge in [0.05, 0.1) is 7.11 Å². The molecule has 0 saturated heterocycles. The third-order valence-corrected chi connectivity index (χ3v) is 6.90. The first kappa shape index (κ1) is 27.7. The highest BCUT2D eigenvalue weighted by molar-refractivity contribution is 6.10. The van der Waals surface area contributed by atoms with Gasteiger partial charge in [-0.15, -0.1) is 0 Å². The lowest BCUT2D eigenvalue weighted by Crippen LogP contribution is -2.10. The maximum Gasteiger partial charge on any atom is 0.227 e. The van der Waals surface area contributed by atoms with Crippen molar-refractivity contribution in [2.75, 3.05) is 7.11 Å². The van der Waals surface area contributed by atoms with E-state index in [9.17, 15) is 9.90 Å². The molecule has 0 aliphatic carbocycles. The predicted octanol–water partition coefficient (Wildman–Crippen LogP) is 9.19. The van der Waals surface area contributed by atoms with Crippen LogP contribution in [0.3, 0.4) is 0 Å². The van der Waals surface area contributed by atoms with Gasteiger partial charge < -0.3 is 9.84 Å². The second-order valence-electron chi connectivity index (χ2n) is 9.74. The van der Waals surface area contributed by atoms with Gasteiger partial charge in [-0.25, -0.2) is 0 Å². The highest BCUT2D eigenvalue weighted by Gasteiger charge is 2.22. The fourth-order valence-corrected chi connectivity index (χ4v) is 5.02. The molecule has 3 heteroatoms. The van der Waals surface area contributed by atoms with Gasteiger partial charge in [-0.2, -0.15) is 0 Å². The Morgan fingerprint density at radius 1 is 0.912 bits per heavy atom. The number of aliphatic hydroxyl groups is 1. The van der Waals surface area contributed by atoms with Crippen LogP contribution < -0.4 is 4.74 Å². The van der Waals surface area contributed by atoms with E-state index in [1.165, 1.54) is 5.56 Å². The molecule has 0 aromatic heterocycles. The number of hydrogen-bond acceptors (Lipinski definition) is 3. The third-order valence-electron chi connectivity index (χ3n) is 6.90. The Morgan fingerprint density at radius 2 is 1.50 bits per heavy atom. The molecule has 0 amide bonds. The maximum absolute atomic E-state index is 13.4. The van der Waals surface area contributed by atoms with Gasteiger partial charge in [0.1, 0.15) is 5.75 Å². The Bertz CT molecular complexity index is 973. The minimum Gasteiger partial charge on any atom is -0.504 e. The maximum atomic E-state index is 13.4. The largest absolute Gasteiger partial charge is 0.504 e. The lowest BCUT2D eigenvalue weighted by molar-refractivity contribution is 0.0979. The molecule has 0 bridgehead atoms. The second-order valence-corrected chi connectivity index (χ2v) is 9.74. The van der Waals surface area contributed by atoms with Crippen LogP contribution in [0.2, 0.25) is 0 Å². The predicted molar refractivity (Wildman–Crippen MR) is 144 cm³/mol. The zero-order valence-electron chi connectivity index (χ0n) is 22.3. The fraction of sp³-hybridized carbons (Fsp3) is 0.516. The molecule has 0 fully saturated rings. The van der Waals surface area contributed by atoms with Crippen molar-refractivity contribution in [1.29, 1.82) is 0 Å². The van der Waals surface area contributed by atoms with Crippen LogP contribution in [-0.2, 0) is 0 Å². The van der Waals surface area contributed by atoms with E-state index in [1.54, 1.807) is 13.2 Å². The number of hydrogen-bond donors (Lipinski definition) is 1. The normalized spacial score (nSPS) is 14.5. The average Bonchev–Trinajstić information content (AvgIpc) is 2.83. The van der Waals surface area contributed by atoms with E-state index < -0.39 is 0 Å². The number of ketones is 1. The molecule has 0 saturated carbocycles. The van der Waals surface area contributed by atoms with Gasteiger partial charge in [-0.05, 0) is 65.8 Å². The van der Waals surface area contributed by atoms with Crippen molar-refractivity contribution >= 4 is 11.9 Å². The van der Waals surface area contributed by atoms with Crippen LogP contribution in [0.5, 0.6) is 5.75 Å². The van der Waals surface area contributed by atoms with Gasteiger partial charge in [0.25, 0.3) is 0 Å². The summed E-state index contributed by atoms with van der Waals surface area (Å²) < 4.78 is 5.83. The van der Waals surface area contributed by atoms with Crippen LogP contribution in [0.15, 0.2) is 42.2 Å². The topological polar surface area (TPSA) is 46.5 Å². The Hall–Kier alpha value is -2.55. The number of aliphatic hydroxyl groups excluding tert-OH is 1. The number of allylic oxidation sites excluding steroid dienone is 1. The summed E-state index contributed by atoms with van der Waals surface area (Å²) >= 11 is 0. The molecule has 2 rings (SSSR count). The first-order valence-electron chi connectivity index (χ1n) is 13.0. The molecule has 3 atom stereocenters. The van der Waals surface area contributed by atoms with Crippen molar-refractivity contribution < 1.29 is 14.6 Å². The average molecular weight is 465 g/mol. The second kappa shape index (κ2) is 13.4. The molecule has 1 N–H and O–H groups in total. The van der Waals surface area contributed by atoms with Crippen molar-refractivity contribution in [2.24, 2.45) is 0 Å². The van der Waals surface area contributed by atoms with Crippen molar-refractivity contribution in [2.45, 2.75) is 97.8 Å². The van der Waals surface area contributed by atoms with Crippen LogP contribution >= 0.6 is 0 Å². The summed E-state index contributed by atoms with van der Waals surface area (Å²) in [5.41, 5.74) is 4.70. The summed E-state index contributed by atoms with van der Waals surface area (Å²) in [5, 5.41) is 11.1. The molecule has 34 heavy (non-hydrogen) atoms. The Labute approximate surface area is 207 Å². The molecule has 0 heterocycles. The monoisotopic (exact) mass is 464 g/mol. The molecule has 2 aromatic rings. The highest BCUT2D eigenvalue weighted by Crippen LogP contribution is 2.38. The highest BCUT2D eigenvalue weighted by atomic mass is 16.5. The molecule has 0 aliphatic heterocycles. The van der Waals surface area contributed by atoms with Gasteiger partial charge in [-0.1, -0.05) is 91.1 Å². The number of carbonyl (C=O) groups excluding carboxylic acids is 1.